The number of aryl methyl sites for hydroxylation is 1. The van der Waals surface area contributed by atoms with Crippen LogP contribution in [0.25, 0.3) is 0 Å². The average molecular weight is 369 g/mol. The number of benzene rings is 1. The summed E-state index contributed by atoms with van der Waals surface area (Å²) in [6.45, 7) is 3.98. The van der Waals surface area contributed by atoms with Crippen molar-refractivity contribution in [2.24, 2.45) is 0 Å². The molecule has 26 heavy (non-hydrogen) atoms. The molecule has 4 nitrogen and oxygen atoms in total. The van der Waals surface area contributed by atoms with Crippen LogP contribution in [-0.4, -0.2) is 23.5 Å². The zero-order valence-corrected chi connectivity index (χ0v) is 16.0. The molecular weight excluding hydrogens is 346 g/mol. The molecule has 2 heterocycles. The van der Waals surface area contributed by atoms with E-state index in [4.69, 9.17) is 0 Å². The number of para-hydroxylation sites is 1. The lowest BCUT2D eigenvalue weighted by Gasteiger charge is -2.22. The van der Waals surface area contributed by atoms with Crippen LogP contribution in [0.1, 0.15) is 52.7 Å². The maximum absolute atomic E-state index is 12.6. The lowest BCUT2D eigenvalue weighted by Crippen LogP contribution is -2.35. The molecule has 0 bridgehead atoms. The first-order valence-electron chi connectivity index (χ1n) is 8.97. The number of carbonyl (C=O) groups is 3. The molecular formula is C21H23NO3S. The molecule has 2 aromatic rings. The highest BCUT2D eigenvalue weighted by Crippen LogP contribution is 2.32. The Morgan fingerprint density at radius 2 is 1.77 bits per heavy atom. The van der Waals surface area contributed by atoms with Crippen LogP contribution in [-0.2, 0) is 16.0 Å². The van der Waals surface area contributed by atoms with E-state index in [0.29, 0.717) is 4.88 Å². The third-order valence-electron chi connectivity index (χ3n) is 4.74. The van der Waals surface area contributed by atoms with Gasteiger partial charge < -0.3 is 4.90 Å². The van der Waals surface area contributed by atoms with Gasteiger partial charge in [-0.05, 0) is 44.0 Å². The molecule has 1 unspecified atom stereocenters. The standard InChI is InChI=1S/C21H23NO3S/c1-14-13-16-5-3-4-6-18(16)22(14)21(25)12-9-17(23)8-10-19(24)20-11-7-15(2)26-20/h3-7,11,14H,8-10,12-13H2,1-2H3. The number of Topliss-reactive ketones (excluding diaryl/α,β-unsaturated/α-hetero) is 2. The van der Waals surface area contributed by atoms with Crippen molar-refractivity contribution in [3.8, 4) is 0 Å². The fourth-order valence-electron chi connectivity index (χ4n) is 3.40. The minimum atomic E-state index is -0.0277. The number of amides is 1. The molecule has 1 aromatic carbocycles. The molecule has 0 spiro atoms. The van der Waals surface area contributed by atoms with Gasteiger partial charge >= 0.3 is 0 Å². The van der Waals surface area contributed by atoms with Gasteiger partial charge in [-0.2, -0.15) is 0 Å². The Bertz CT molecular complexity index is 839. The molecule has 0 saturated heterocycles. The van der Waals surface area contributed by atoms with E-state index in [-0.39, 0.29) is 49.2 Å². The smallest absolute Gasteiger partial charge is 0.227 e. The van der Waals surface area contributed by atoms with E-state index in [1.165, 1.54) is 16.9 Å². The first-order chi connectivity index (χ1) is 12.5. The van der Waals surface area contributed by atoms with Crippen LogP contribution in [0.5, 0.6) is 0 Å². The van der Waals surface area contributed by atoms with Gasteiger partial charge in [-0.3, -0.25) is 14.4 Å². The fraction of sp³-hybridized carbons (Fsp3) is 0.381. The van der Waals surface area contributed by atoms with Crippen LogP contribution >= 0.6 is 11.3 Å². The van der Waals surface area contributed by atoms with E-state index >= 15 is 0 Å². The van der Waals surface area contributed by atoms with E-state index in [1.807, 2.05) is 55.1 Å². The number of nitrogens with zero attached hydrogens (tertiary/aromatic N) is 1. The lowest BCUT2D eigenvalue weighted by molar-refractivity contribution is -0.124. The Morgan fingerprint density at radius 1 is 1.04 bits per heavy atom. The van der Waals surface area contributed by atoms with E-state index in [1.54, 1.807) is 0 Å². The van der Waals surface area contributed by atoms with Gasteiger partial charge in [0.1, 0.15) is 5.78 Å². The number of anilines is 1. The van der Waals surface area contributed by atoms with Crippen molar-refractivity contribution in [3.63, 3.8) is 0 Å². The van der Waals surface area contributed by atoms with Crippen LogP contribution in [0, 0.1) is 6.92 Å². The van der Waals surface area contributed by atoms with E-state index < -0.39 is 0 Å². The quantitative estimate of drug-likeness (QED) is 0.682. The average Bonchev–Trinajstić information content (AvgIpc) is 3.20. The summed E-state index contributed by atoms with van der Waals surface area (Å²) in [6, 6.07) is 11.8. The van der Waals surface area contributed by atoms with Crippen molar-refractivity contribution < 1.29 is 14.4 Å². The van der Waals surface area contributed by atoms with Gasteiger partial charge in [0.15, 0.2) is 5.78 Å². The number of carbonyl (C=O) groups excluding carboxylic acids is 3. The Labute approximate surface area is 157 Å². The molecule has 1 aliphatic rings. The third kappa shape index (κ3) is 4.10. The van der Waals surface area contributed by atoms with Gasteiger partial charge in [-0.15, -0.1) is 11.3 Å². The van der Waals surface area contributed by atoms with Gasteiger partial charge in [0.05, 0.1) is 4.88 Å². The maximum Gasteiger partial charge on any atom is 0.227 e. The second kappa shape index (κ2) is 7.96. The molecule has 136 valence electrons. The van der Waals surface area contributed by atoms with E-state index in [9.17, 15) is 14.4 Å². The molecule has 5 heteroatoms. The second-order valence-corrected chi connectivity index (χ2v) is 8.11. The minimum absolute atomic E-state index is 0.00451. The number of thiophene rings is 1. The Balaban J connectivity index is 1.49. The second-order valence-electron chi connectivity index (χ2n) is 6.82. The largest absolute Gasteiger partial charge is 0.309 e. The Hall–Kier alpha value is -2.27. The highest BCUT2D eigenvalue weighted by Gasteiger charge is 2.30. The number of fused-ring (bicyclic) bond motifs is 1. The number of hydrogen-bond donors (Lipinski definition) is 0. The van der Waals surface area contributed by atoms with Crippen LogP contribution in [0.3, 0.4) is 0 Å². The summed E-state index contributed by atoms with van der Waals surface area (Å²) in [5.74, 6) is -0.0407. The monoisotopic (exact) mass is 369 g/mol. The molecule has 1 atom stereocenters. The van der Waals surface area contributed by atoms with Crippen LogP contribution in [0.15, 0.2) is 36.4 Å². The molecule has 0 saturated carbocycles. The van der Waals surface area contributed by atoms with Crippen molar-refractivity contribution in [2.75, 3.05) is 4.90 Å². The predicted molar refractivity (Wildman–Crippen MR) is 104 cm³/mol. The zero-order chi connectivity index (χ0) is 18.7. The summed E-state index contributed by atoms with van der Waals surface area (Å²) in [4.78, 5) is 40.4. The summed E-state index contributed by atoms with van der Waals surface area (Å²) in [5.41, 5.74) is 2.14. The van der Waals surface area contributed by atoms with E-state index in [2.05, 4.69) is 0 Å². The van der Waals surface area contributed by atoms with Gasteiger partial charge in [-0.25, -0.2) is 0 Å². The molecule has 0 fully saturated rings. The molecule has 0 N–H and O–H groups in total. The van der Waals surface area contributed by atoms with Crippen LogP contribution in [0.2, 0.25) is 0 Å². The van der Waals surface area contributed by atoms with Crippen LogP contribution in [0.4, 0.5) is 5.69 Å². The fourth-order valence-corrected chi connectivity index (χ4v) is 4.23. The van der Waals surface area contributed by atoms with Crippen molar-refractivity contribution >= 4 is 34.5 Å². The first-order valence-corrected chi connectivity index (χ1v) is 9.78. The van der Waals surface area contributed by atoms with Crippen molar-refractivity contribution in [2.45, 2.75) is 52.0 Å². The normalized spacial score (nSPS) is 15.8. The van der Waals surface area contributed by atoms with Gasteiger partial charge in [0, 0.05) is 42.3 Å². The summed E-state index contributed by atoms with van der Waals surface area (Å²) < 4.78 is 0. The summed E-state index contributed by atoms with van der Waals surface area (Å²) in [5, 5.41) is 0. The third-order valence-corrected chi connectivity index (χ3v) is 5.78. The van der Waals surface area contributed by atoms with Crippen molar-refractivity contribution in [1.82, 2.24) is 0 Å². The molecule has 1 aliphatic heterocycles. The molecule has 1 aromatic heterocycles. The SMILES string of the molecule is Cc1ccc(C(=O)CCC(=O)CCC(=O)N2c3ccccc3CC2C)s1. The minimum Gasteiger partial charge on any atom is -0.309 e. The van der Waals surface area contributed by atoms with Gasteiger partial charge in [0.2, 0.25) is 5.91 Å². The number of ketones is 2. The molecule has 3 rings (SSSR count). The van der Waals surface area contributed by atoms with E-state index in [0.717, 1.165) is 17.0 Å². The van der Waals surface area contributed by atoms with Gasteiger partial charge in [-0.1, -0.05) is 18.2 Å². The highest BCUT2D eigenvalue weighted by molar-refractivity contribution is 7.14. The Morgan fingerprint density at radius 3 is 2.50 bits per heavy atom. The summed E-state index contributed by atoms with van der Waals surface area (Å²) in [7, 11) is 0. The highest BCUT2D eigenvalue weighted by atomic mass is 32.1. The number of rotatable bonds is 7. The van der Waals surface area contributed by atoms with Gasteiger partial charge in [0.25, 0.3) is 0 Å². The van der Waals surface area contributed by atoms with Crippen LogP contribution < -0.4 is 4.90 Å². The summed E-state index contributed by atoms with van der Waals surface area (Å²) in [6.07, 6.45) is 1.67. The summed E-state index contributed by atoms with van der Waals surface area (Å²) >= 11 is 1.45. The number of hydrogen-bond acceptors (Lipinski definition) is 4. The van der Waals surface area contributed by atoms with Crippen molar-refractivity contribution in [3.05, 3.63) is 51.7 Å². The lowest BCUT2D eigenvalue weighted by atomic mass is 10.1. The van der Waals surface area contributed by atoms with Crippen molar-refractivity contribution in [1.29, 1.82) is 0 Å². The molecule has 0 aliphatic carbocycles. The molecule has 1 amide bonds. The molecule has 0 radical (unpaired) electrons. The zero-order valence-electron chi connectivity index (χ0n) is 15.2. The topological polar surface area (TPSA) is 54.5 Å². The maximum atomic E-state index is 12.6. The Kier molecular flexibility index (Phi) is 5.67. The first kappa shape index (κ1) is 18.5. The predicted octanol–water partition coefficient (Wildman–Crippen LogP) is 4.35.